The van der Waals surface area contributed by atoms with Crippen molar-refractivity contribution in [1.82, 2.24) is 121 Å². The number of carbonyl (C=O) groups is 8. The van der Waals surface area contributed by atoms with Gasteiger partial charge in [0.25, 0.3) is 0 Å². The summed E-state index contributed by atoms with van der Waals surface area (Å²) in [6, 6.07) is 59.6. The van der Waals surface area contributed by atoms with Crippen LogP contribution in [0.2, 0.25) is 0 Å². The molecule has 16 aromatic rings. The van der Waals surface area contributed by atoms with E-state index in [9.17, 15) is 38.4 Å². The maximum Gasteiger partial charge on any atom is 0.232 e. The maximum atomic E-state index is 12.3. The van der Waals surface area contributed by atoms with E-state index in [1.54, 1.807) is 55.6 Å². The highest BCUT2D eigenvalue weighted by Crippen LogP contribution is 2.45. The molecule has 752 valence electrons. The van der Waals surface area contributed by atoms with Crippen LogP contribution in [0.1, 0.15) is 206 Å². The molecule has 41 heteroatoms. The van der Waals surface area contributed by atoms with E-state index >= 15 is 0 Å². The SMILES string of the molecule is O=C(Cc1ccccn1)Cc1ccc(CC2CCC(c3nnc(NC(=O)Cc4ccccn4)s3)C2)nn1.O=C(Cc1ccccn1)Cc1ccc(C[C@@H]2CC[C@H](c3nnc(NC(=O)Cc4ccccn4)s3)C2)nn1.O=C(Cc1ccccn1)Cc1ccc(C[C@H]2CC[C@@H](c3nnc(NC(=O)Cc4ccccn4)s3)C2)nn1.O=C(Cc1ccccn1)Nc1ccc(C2CCC(Cc3nnc(NC(=O)Cc4ccccn4)s3)C2)nn1. The largest absolute Gasteiger partial charge is 0.309 e. The fourth-order valence-electron chi connectivity index (χ4n) is 18.3. The summed E-state index contributed by atoms with van der Waals surface area (Å²) in [7, 11) is 0. The molecule has 5 amide bonds. The van der Waals surface area contributed by atoms with E-state index in [4.69, 9.17) is 0 Å². The van der Waals surface area contributed by atoms with E-state index in [0.29, 0.717) is 121 Å². The molecule has 0 bridgehead atoms. The fraction of sp³-hybridized carbons (Fsp3) is 0.327. The van der Waals surface area contributed by atoms with Crippen LogP contribution in [0.15, 0.2) is 244 Å². The van der Waals surface area contributed by atoms with Gasteiger partial charge in [0.2, 0.25) is 50.1 Å². The van der Waals surface area contributed by atoms with Gasteiger partial charge in [0.05, 0.1) is 91.2 Å². The Hall–Kier alpha value is -15.9. The second-order valence-corrected chi connectivity index (χ2v) is 41.0. The van der Waals surface area contributed by atoms with Gasteiger partial charge in [-0.15, -0.1) is 45.9 Å². The number of aromatic nitrogens is 24. The summed E-state index contributed by atoms with van der Waals surface area (Å²) in [5.74, 6) is 3.14. The van der Waals surface area contributed by atoms with Crippen molar-refractivity contribution in [3.63, 3.8) is 0 Å². The molecule has 16 heterocycles. The Labute approximate surface area is 869 Å². The second kappa shape index (κ2) is 53.3. The van der Waals surface area contributed by atoms with E-state index in [1.165, 1.54) is 45.3 Å². The molecule has 8 atom stereocenters. The number of Topliss-reactive ketones (excluding diaryl/α,β-unsaturated/α-hetero) is 3. The van der Waals surface area contributed by atoms with Crippen molar-refractivity contribution >= 4 is 119 Å². The van der Waals surface area contributed by atoms with Crippen LogP contribution >= 0.6 is 45.3 Å². The summed E-state index contributed by atoms with van der Waals surface area (Å²) >= 11 is 5.76. The molecule has 16 aromatic heterocycles. The number of anilines is 5. The van der Waals surface area contributed by atoms with Gasteiger partial charge in [-0.1, -0.05) is 93.9 Å². The van der Waals surface area contributed by atoms with Crippen LogP contribution in [-0.2, 0) is 135 Å². The summed E-state index contributed by atoms with van der Waals surface area (Å²) < 4.78 is 0. The average Bonchev–Trinajstić information content (AvgIpc) is 1.70. The second-order valence-electron chi connectivity index (χ2n) is 36.9. The van der Waals surface area contributed by atoms with Gasteiger partial charge in [-0.25, -0.2) is 0 Å². The zero-order valence-electron chi connectivity index (χ0n) is 80.9. The first kappa shape index (κ1) is 104. The van der Waals surface area contributed by atoms with Crippen LogP contribution in [0.25, 0.3) is 0 Å². The zero-order chi connectivity index (χ0) is 102. The molecule has 4 unspecified atom stereocenters. The molecule has 4 aliphatic rings. The normalized spacial score (nSPS) is 16.9. The maximum absolute atomic E-state index is 12.3. The molecular formula is C107H107N29O8S4. The number of ketones is 3. The summed E-state index contributed by atoms with van der Waals surface area (Å²) in [4.78, 5) is 132. The summed E-state index contributed by atoms with van der Waals surface area (Å²) in [6.07, 6.45) is 31.9. The van der Waals surface area contributed by atoms with Gasteiger partial charge in [0.1, 0.15) is 37.4 Å². The van der Waals surface area contributed by atoms with Crippen LogP contribution in [-0.4, -0.2) is 168 Å². The Bertz CT molecular complexity index is 6500. The van der Waals surface area contributed by atoms with E-state index in [2.05, 4.69) is 148 Å². The number of carbonyl (C=O) groups excluding carboxylic acids is 8. The third-order valence-electron chi connectivity index (χ3n) is 25.4. The van der Waals surface area contributed by atoms with Crippen molar-refractivity contribution in [3.8, 4) is 0 Å². The van der Waals surface area contributed by atoms with Crippen LogP contribution in [0.4, 0.5) is 26.3 Å². The molecule has 4 aliphatic carbocycles. The van der Waals surface area contributed by atoms with Gasteiger partial charge >= 0.3 is 0 Å². The molecule has 0 aromatic carbocycles. The van der Waals surface area contributed by atoms with E-state index in [-0.39, 0.29) is 98.3 Å². The zero-order valence-corrected chi connectivity index (χ0v) is 84.2. The minimum Gasteiger partial charge on any atom is -0.309 e. The minimum absolute atomic E-state index is 0.0729. The first-order valence-corrected chi connectivity index (χ1v) is 52.5. The molecule has 148 heavy (non-hydrogen) atoms. The quantitative estimate of drug-likeness (QED) is 0.0239. The summed E-state index contributed by atoms with van der Waals surface area (Å²) in [5.41, 5.74) is 11.7. The first-order valence-electron chi connectivity index (χ1n) is 49.3. The summed E-state index contributed by atoms with van der Waals surface area (Å²) in [5, 5.41) is 88.5. The molecule has 0 saturated heterocycles. The topological polar surface area (TPSA) is 506 Å². The smallest absolute Gasteiger partial charge is 0.232 e. The lowest BCUT2D eigenvalue weighted by Crippen LogP contribution is -2.16. The number of rotatable bonds is 39. The molecule has 20 rings (SSSR count). The molecule has 5 N–H and O–H groups in total. The number of amides is 5. The Balaban J connectivity index is 0.000000135. The third kappa shape index (κ3) is 33.1. The Kier molecular flexibility index (Phi) is 37.3. The highest BCUT2D eigenvalue weighted by molar-refractivity contribution is 7.16. The van der Waals surface area contributed by atoms with Crippen molar-refractivity contribution in [2.75, 3.05) is 26.6 Å². The number of nitrogens with zero attached hydrogens (tertiary/aromatic N) is 24. The highest BCUT2D eigenvalue weighted by Gasteiger charge is 2.35. The van der Waals surface area contributed by atoms with Gasteiger partial charge in [-0.05, 0) is 266 Å². The van der Waals surface area contributed by atoms with Crippen molar-refractivity contribution in [2.24, 2.45) is 23.7 Å². The number of hydrogen-bond acceptors (Lipinski definition) is 36. The van der Waals surface area contributed by atoms with Crippen LogP contribution in [0, 0.1) is 23.7 Å². The Morgan fingerprint density at radius 3 is 0.757 bits per heavy atom. The molecule has 0 aliphatic heterocycles. The Morgan fingerprint density at radius 1 is 0.216 bits per heavy atom. The van der Waals surface area contributed by atoms with Crippen molar-refractivity contribution in [1.29, 1.82) is 0 Å². The molecule has 0 radical (unpaired) electrons. The fourth-order valence-corrected chi connectivity index (χ4v) is 21.9. The Morgan fingerprint density at radius 2 is 0.473 bits per heavy atom. The lowest BCUT2D eigenvalue weighted by molar-refractivity contribution is -0.118. The summed E-state index contributed by atoms with van der Waals surface area (Å²) in [6.45, 7) is 0. The third-order valence-corrected chi connectivity index (χ3v) is 29.3. The number of hydrogen-bond donors (Lipinski definition) is 5. The molecule has 0 spiro atoms. The van der Waals surface area contributed by atoms with Gasteiger partial charge in [-0.3, -0.25) is 78.2 Å². The van der Waals surface area contributed by atoms with E-state index in [1.807, 2.05) is 188 Å². The van der Waals surface area contributed by atoms with Crippen LogP contribution < -0.4 is 26.6 Å². The first-order chi connectivity index (χ1) is 72.4. The van der Waals surface area contributed by atoms with Crippen LogP contribution in [0.5, 0.6) is 0 Å². The average molecular weight is 2060 g/mol. The van der Waals surface area contributed by atoms with Gasteiger partial charge in [0, 0.05) is 144 Å². The predicted molar refractivity (Wildman–Crippen MR) is 556 cm³/mol. The van der Waals surface area contributed by atoms with Gasteiger partial charge < -0.3 is 26.6 Å². The van der Waals surface area contributed by atoms with Crippen molar-refractivity contribution in [2.45, 2.75) is 197 Å². The van der Waals surface area contributed by atoms with Crippen molar-refractivity contribution < 1.29 is 38.4 Å². The van der Waals surface area contributed by atoms with E-state index < -0.39 is 0 Å². The standard InChI is InChI=1S/3C27H27N7O2S.C26H26N8O2S/c3*35-24(15-20-5-1-3-11-28-20)16-23-10-9-22(31-32-23)14-18-7-8-19(13-18)26-33-34-27(37-26)30-25(36)17-21-6-2-4-12-29-21;35-23(15-19-5-1-3-11-27-19)29-22-10-9-21(31-32-22)18-8-7-17(13-18)14-25-33-34-26(37-25)30-24(36)16-20-6-2-4-12-28-20/h3*1-6,9-12,18-19H,7-8,13-17H2,(H,30,34,36);1-6,9-12,17-18H,7-8,13-16H2,(H,29,32,35)(H,30,34,36)/t2*18-,19+;;/m10../s1. The molecule has 37 nitrogen and oxygen atoms in total. The highest BCUT2D eigenvalue weighted by atomic mass is 32.1. The van der Waals surface area contributed by atoms with Crippen molar-refractivity contribution in [3.05, 3.63) is 349 Å². The molecule has 4 saturated carbocycles. The van der Waals surface area contributed by atoms with E-state index in [0.717, 1.165) is 180 Å². The molecular weight excluding hydrogens is 1950 g/mol. The van der Waals surface area contributed by atoms with Crippen LogP contribution in [0.3, 0.4) is 0 Å². The molecule has 4 fully saturated rings. The predicted octanol–water partition coefficient (Wildman–Crippen LogP) is 14.9. The number of nitrogens with one attached hydrogen (secondary N) is 5. The lowest BCUT2D eigenvalue weighted by atomic mass is 9.99. The number of pyridine rings is 8. The van der Waals surface area contributed by atoms with Gasteiger partial charge in [-0.2, -0.15) is 35.7 Å². The minimum atomic E-state index is -0.175. The lowest BCUT2D eigenvalue weighted by Gasteiger charge is -2.10. The van der Waals surface area contributed by atoms with Gasteiger partial charge in [0.15, 0.2) is 5.82 Å². The monoisotopic (exact) mass is 2050 g/mol.